The second-order valence-corrected chi connectivity index (χ2v) is 6.64. The predicted molar refractivity (Wildman–Crippen MR) is 84.1 cm³/mol. The van der Waals surface area contributed by atoms with Crippen LogP contribution in [0.25, 0.3) is 5.69 Å². The summed E-state index contributed by atoms with van der Waals surface area (Å²) in [6.07, 6.45) is 2.70. The summed E-state index contributed by atoms with van der Waals surface area (Å²) in [6.45, 7) is 0.756. The van der Waals surface area contributed by atoms with Crippen molar-refractivity contribution in [3.8, 4) is 5.69 Å². The molecular weight excluding hydrogens is 331 g/mol. The Morgan fingerprint density at radius 1 is 1.38 bits per heavy atom. The third-order valence-electron chi connectivity index (χ3n) is 3.14. The Bertz CT molecular complexity index is 676. The predicted octanol–water partition coefficient (Wildman–Crippen LogP) is 2.70. The molecule has 110 valence electrons. The monoisotopic (exact) mass is 342 g/mol. The van der Waals surface area contributed by atoms with Gasteiger partial charge in [0.25, 0.3) is 0 Å². The topological polar surface area (TPSA) is 59.8 Å². The summed E-state index contributed by atoms with van der Waals surface area (Å²) in [7, 11) is 0. The number of thioether (sulfide) groups is 1. The number of halogens is 2. The van der Waals surface area contributed by atoms with Crippen molar-refractivity contribution in [1.82, 2.24) is 20.3 Å². The molecule has 1 aliphatic heterocycles. The van der Waals surface area contributed by atoms with Gasteiger partial charge in [-0.25, -0.2) is 4.68 Å². The summed E-state index contributed by atoms with van der Waals surface area (Å²) in [6, 6.07) is 5.28. The molecular formula is C13H12Cl2N4OS. The first-order valence-electron chi connectivity index (χ1n) is 6.39. The van der Waals surface area contributed by atoms with Crippen molar-refractivity contribution in [2.24, 2.45) is 0 Å². The number of hydrogen-bond donors (Lipinski definition) is 1. The quantitative estimate of drug-likeness (QED) is 0.927. The standard InChI is InChI=1S/C13H12Cl2N4OS/c14-10-2-1-9(5-11(10)15)19-6-8(17-18-19)7-21-12-3-4-16-13(12)20/h1-2,5-6,12H,3-4,7H2,(H,16,20). The number of carbonyl (C=O) groups is 1. The van der Waals surface area contributed by atoms with E-state index < -0.39 is 0 Å². The fourth-order valence-corrected chi connectivity index (χ4v) is 3.35. The van der Waals surface area contributed by atoms with Gasteiger partial charge in [0.15, 0.2) is 0 Å². The maximum atomic E-state index is 11.5. The molecule has 8 heteroatoms. The SMILES string of the molecule is O=C1NCCC1SCc1cn(-c2ccc(Cl)c(Cl)c2)nn1. The van der Waals surface area contributed by atoms with Crippen molar-refractivity contribution < 1.29 is 4.79 Å². The van der Waals surface area contributed by atoms with Crippen LogP contribution in [0.5, 0.6) is 0 Å². The average molecular weight is 343 g/mol. The van der Waals surface area contributed by atoms with Gasteiger partial charge in [0, 0.05) is 12.3 Å². The first kappa shape index (κ1) is 14.7. The number of nitrogens with one attached hydrogen (secondary N) is 1. The molecule has 21 heavy (non-hydrogen) atoms. The van der Waals surface area contributed by atoms with E-state index in [9.17, 15) is 4.79 Å². The smallest absolute Gasteiger partial charge is 0.233 e. The van der Waals surface area contributed by atoms with E-state index in [1.54, 1.807) is 28.6 Å². The zero-order valence-electron chi connectivity index (χ0n) is 10.9. The number of hydrogen-bond acceptors (Lipinski definition) is 4. The minimum atomic E-state index is 0.0140. The zero-order valence-corrected chi connectivity index (χ0v) is 13.3. The maximum absolute atomic E-state index is 11.5. The van der Waals surface area contributed by atoms with Crippen LogP contribution in [-0.4, -0.2) is 32.7 Å². The van der Waals surface area contributed by atoms with Gasteiger partial charge in [-0.15, -0.1) is 16.9 Å². The lowest BCUT2D eigenvalue weighted by Crippen LogP contribution is -2.20. The van der Waals surface area contributed by atoms with Gasteiger partial charge < -0.3 is 5.32 Å². The Morgan fingerprint density at radius 3 is 2.95 bits per heavy atom. The van der Waals surface area contributed by atoms with Gasteiger partial charge >= 0.3 is 0 Å². The first-order chi connectivity index (χ1) is 10.1. The fraction of sp³-hybridized carbons (Fsp3) is 0.308. The molecule has 1 fully saturated rings. The van der Waals surface area contributed by atoms with Crippen LogP contribution in [0.3, 0.4) is 0 Å². The van der Waals surface area contributed by atoms with Gasteiger partial charge in [0.05, 0.1) is 32.9 Å². The lowest BCUT2D eigenvalue weighted by molar-refractivity contribution is -0.118. The Morgan fingerprint density at radius 2 is 2.24 bits per heavy atom. The highest BCUT2D eigenvalue weighted by atomic mass is 35.5. The van der Waals surface area contributed by atoms with Crippen LogP contribution in [-0.2, 0) is 10.5 Å². The van der Waals surface area contributed by atoms with Gasteiger partial charge in [-0.1, -0.05) is 28.4 Å². The molecule has 0 aliphatic carbocycles. The third-order valence-corrected chi connectivity index (χ3v) is 5.19. The Kier molecular flexibility index (Phi) is 4.37. The summed E-state index contributed by atoms with van der Waals surface area (Å²) in [4.78, 5) is 11.5. The van der Waals surface area contributed by atoms with Gasteiger partial charge in [-0.2, -0.15) is 0 Å². The van der Waals surface area contributed by atoms with Crippen molar-refractivity contribution in [2.75, 3.05) is 6.54 Å². The minimum absolute atomic E-state index is 0.0140. The van der Waals surface area contributed by atoms with Crippen LogP contribution >= 0.6 is 35.0 Å². The van der Waals surface area contributed by atoms with E-state index in [2.05, 4.69) is 15.6 Å². The number of nitrogens with zero attached hydrogens (tertiary/aromatic N) is 3. The molecule has 0 saturated carbocycles. The maximum Gasteiger partial charge on any atom is 0.233 e. The van der Waals surface area contributed by atoms with E-state index in [-0.39, 0.29) is 11.2 Å². The Balaban J connectivity index is 1.68. The molecule has 3 rings (SSSR count). The van der Waals surface area contributed by atoms with E-state index in [0.717, 1.165) is 24.3 Å². The number of carbonyl (C=O) groups excluding carboxylic acids is 1. The lowest BCUT2D eigenvalue weighted by atomic mass is 10.3. The third kappa shape index (κ3) is 3.33. The molecule has 1 unspecified atom stereocenters. The van der Waals surface area contributed by atoms with E-state index >= 15 is 0 Å². The van der Waals surface area contributed by atoms with E-state index in [1.165, 1.54) is 0 Å². The summed E-state index contributed by atoms with van der Waals surface area (Å²) >= 11 is 13.5. The molecule has 1 aromatic heterocycles. The number of aromatic nitrogens is 3. The lowest BCUT2D eigenvalue weighted by Gasteiger charge is -2.03. The summed E-state index contributed by atoms with van der Waals surface area (Å²) in [5.41, 5.74) is 1.62. The van der Waals surface area contributed by atoms with Crippen LogP contribution in [0, 0.1) is 0 Å². The molecule has 0 spiro atoms. The van der Waals surface area contributed by atoms with Gasteiger partial charge in [-0.3, -0.25) is 4.79 Å². The molecule has 2 heterocycles. The first-order valence-corrected chi connectivity index (χ1v) is 8.20. The second-order valence-electron chi connectivity index (χ2n) is 4.63. The second kappa shape index (κ2) is 6.25. The zero-order chi connectivity index (χ0) is 14.8. The van der Waals surface area contributed by atoms with E-state index in [0.29, 0.717) is 15.8 Å². The number of amides is 1. The highest BCUT2D eigenvalue weighted by Gasteiger charge is 2.24. The largest absolute Gasteiger partial charge is 0.355 e. The van der Waals surface area contributed by atoms with Gasteiger partial charge in [-0.05, 0) is 24.6 Å². The highest BCUT2D eigenvalue weighted by Crippen LogP contribution is 2.25. The molecule has 5 nitrogen and oxygen atoms in total. The molecule has 1 atom stereocenters. The van der Waals surface area contributed by atoms with Crippen LogP contribution in [0.15, 0.2) is 24.4 Å². The van der Waals surface area contributed by atoms with E-state index in [1.807, 2.05) is 12.3 Å². The van der Waals surface area contributed by atoms with Crippen LogP contribution < -0.4 is 5.32 Å². The normalized spacial score (nSPS) is 18.0. The summed E-state index contributed by atoms with van der Waals surface area (Å²) in [5, 5.41) is 12.0. The average Bonchev–Trinajstić information content (AvgIpc) is 3.09. The summed E-state index contributed by atoms with van der Waals surface area (Å²) < 4.78 is 1.65. The van der Waals surface area contributed by atoms with Crippen molar-refractivity contribution >= 4 is 40.9 Å². The summed E-state index contributed by atoms with van der Waals surface area (Å²) in [5.74, 6) is 0.760. The fourth-order valence-electron chi connectivity index (χ4n) is 2.03. The molecule has 1 N–H and O–H groups in total. The van der Waals surface area contributed by atoms with Crippen LogP contribution in [0.2, 0.25) is 10.0 Å². The van der Waals surface area contributed by atoms with E-state index in [4.69, 9.17) is 23.2 Å². The molecule has 0 bridgehead atoms. The Labute approximate surface area is 136 Å². The minimum Gasteiger partial charge on any atom is -0.355 e. The highest BCUT2D eigenvalue weighted by molar-refractivity contribution is 7.99. The number of rotatable bonds is 4. The van der Waals surface area contributed by atoms with Crippen LogP contribution in [0.4, 0.5) is 0 Å². The van der Waals surface area contributed by atoms with Crippen molar-refractivity contribution in [3.63, 3.8) is 0 Å². The van der Waals surface area contributed by atoms with Gasteiger partial charge in [0.2, 0.25) is 5.91 Å². The molecule has 0 radical (unpaired) electrons. The van der Waals surface area contributed by atoms with Gasteiger partial charge in [0.1, 0.15) is 0 Å². The molecule has 1 aromatic carbocycles. The molecule has 1 saturated heterocycles. The van der Waals surface area contributed by atoms with Crippen LogP contribution in [0.1, 0.15) is 12.1 Å². The van der Waals surface area contributed by atoms with Crippen molar-refractivity contribution in [2.45, 2.75) is 17.4 Å². The molecule has 1 amide bonds. The number of benzene rings is 1. The molecule has 1 aliphatic rings. The van der Waals surface area contributed by atoms with Crippen molar-refractivity contribution in [3.05, 3.63) is 40.1 Å². The Hall–Kier alpha value is -1.24. The van der Waals surface area contributed by atoms with Crippen molar-refractivity contribution in [1.29, 1.82) is 0 Å². The molecule has 2 aromatic rings.